The predicted octanol–water partition coefficient (Wildman–Crippen LogP) is 5.85. The molecule has 0 atom stereocenters. The normalized spacial score (nSPS) is 12.2. The Kier molecular flexibility index (Phi) is 4.38. The van der Waals surface area contributed by atoms with E-state index in [-0.39, 0.29) is 17.6 Å². The number of aromatic nitrogens is 1. The summed E-state index contributed by atoms with van der Waals surface area (Å²) in [6, 6.07) is 12.1. The lowest BCUT2D eigenvalue weighted by atomic mass is 9.85. The smallest absolute Gasteiger partial charge is 0.266 e. The summed E-state index contributed by atoms with van der Waals surface area (Å²) in [6.45, 7) is 6.41. The topological polar surface area (TPSA) is 53.1 Å². The third kappa shape index (κ3) is 2.98. The summed E-state index contributed by atoms with van der Waals surface area (Å²) < 4.78 is 0.668. The highest BCUT2D eigenvalue weighted by atomic mass is 35.5. The number of nitrogens with one attached hydrogen (secondary N) is 1. The van der Waals surface area contributed by atoms with Crippen molar-refractivity contribution in [3.05, 3.63) is 68.3 Å². The first-order valence-corrected chi connectivity index (χ1v) is 10.0. The summed E-state index contributed by atoms with van der Waals surface area (Å²) in [5.41, 5.74) is 4.43. The summed E-state index contributed by atoms with van der Waals surface area (Å²) in [6.07, 6.45) is 0. The Morgan fingerprint density at radius 3 is 2.48 bits per heavy atom. The highest BCUT2D eigenvalue weighted by molar-refractivity contribution is 7.17. The molecule has 0 radical (unpaired) electrons. The maximum atomic E-state index is 12.4. The minimum Gasteiger partial charge on any atom is -0.392 e. The van der Waals surface area contributed by atoms with Crippen LogP contribution in [0.5, 0.6) is 0 Å². The van der Waals surface area contributed by atoms with E-state index in [9.17, 15) is 9.90 Å². The Labute approximate surface area is 166 Å². The second-order valence-electron chi connectivity index (χ2n) is 7.75. The molecule has 4 aromatic rings. The van der Waals surface area contributed by atoms with Gasteiger partial charge in [-0.15, -0.1) is 11.3 Å². The van der Waals surface area contributed by atoms with E-state index in [1.807, 2.05) is 11.4 Å². The van der Waals surface area contributed by atoms with Gasteiger partial charge in [-0.05, 0) is 45.2 Å². The minimum absolute atomic E-state index is 0.0618. The fraction of sp³-hybridized carbons (Fsp3) is 0.227. The lowest BCUT2D eigenvalue weighted by Crippen LogP contribution is -2.10. The van der Waals surface area contributed by atoms with Crippen LogP contribution in [0, 0.1) is 0 Å². The molecule has 5 heteroatoms. The van der Waals surface area contributed by atoms with E-state index in [0.717, 1.165) is 27.5 Å². The Bertz CT molecular complexity index is 1210. The van der Waals surface area contributed by atoms with Gasteiger partial charge in [0.1, 0.15) is 4.70 Å². The van der Waals surface area contributed by atoms with Gasteiger partial charge in [-0.2, -0.15) is 0 Å². The van der Waals surface area contributed by atoms with Gasteiger partial charge in [-0.25, -0.2) is 0 Å². The number of aliphatic hydroxyl groups is 1. The summed E-state index contributed by atoms with van der Waals surface area (Å²) in [5.74, 6) is 0. The lowest BCUT2D eigenvalue weighted by molar-refractivity contribution is 0.282. The average Bonchev–Trinajstić information content (AvgIpc) is 3.12. The quantitative estimate of drug-likeness (QED) is 0.445. The van der Waals surface area contributed by atoms with Gasteiger partial charge in [-0.1, -0.05) is 56.6 Å². The molecule has 2 aromatic carbocycles. The zero-order valence-corrected chi connectivity index (χ0v) is 17.0. The Balaban J connectivity index is 2.12. The standard InChI is InChI=1S/C22H20ClNO2S/c1-22(2,3)14-6-4-12(5-7-14)17-13(11-25)10-16(23)19-18(17)15-8-9-27-20(15)21(26)24-19/h4-10,25H,11H2,1-3H3,(H,24,26). The van der Waals surface area contributed by atoms with Crippen LogP contribution in [0.4, 0.5) is 0 Å². The molecule has 0 aliphatic heterocycles. The number of halogens is 1. The van der Waals surface area contributed by atoms with Crippen molar-refractivity contribution in [3.8, 4) is 11.1 Å². The molecule has 2 heterocycles. The van der Waals surface area contributed by atoms with Crippen LogP contribution < -0.4 is 5.56 Å². The highest BCUT2D eigenvalue weighted by Crippen LogP contribution is 2.40. The van der Waals surface area contributed by atoms with E-state index >= 15 is 0 Å². The third-order valence-corrected chi connectivity index (χ3v) is 6.16. The van der Waals surface area contributed by atoms with Crippen molar-refractivity contribution >= 4 is 43.9 Å². The molecule has 138 valence electrons. The van der Waals surface area contributed by atoms with Gasteiger partial charge in [0.25, 0.3) is 5.56 Å². The maximum Gasteiger partial charge on any atom is 0.266 e. The minimum atomic E-state index is -0.139. The van der Waals surface area contributed by atoms with Gasteiger partial charge in [0.15, 0.2) is 0 Å². The first kappa shape index (κ1) is 18.2. The maximum absolute atomic E-state index is 12.4. The molecule has 0 amide bonds. The molecule has 4 rings (SSSR count). The largest absolute Gasteiger partial charge is 0.392 e. The number of benzene rings is 2. The number of aromatic amines is 1. The number of aliphatic hydroxyl groups excluding tert-OH is 1. The molecule has 0 aliphatic rings. The van der Waals surface area contributed by atoms with Crippen LogP contribution in [-0.2, 0) is 12.0 Å². The van der Waals surface area contributed by atoms with Crippen LogP contribution in [0.15, 0.2) is 46.6 Å². The molecule has 0 saturated carbocycles. The highest BCUT2D eigenvalue weighted by Gasteiger charge is 2.19. The van der Waals surface area contributed by atoms with E-state index in [2.05, 4.69) is 50.0 Å². The first-order valence-electron chi connectivity index (χ1n) is 8.77. The molecule has 0 saturated heterocycles. The van der Waals surface area contributed by atoms with Crippen LogP contribution in [0.25, 0.3) is 32.1 Å². The van der Waals surface area contributed by atoms with Crippen molar-refractivity contribution in [2.24, 2.45) is 0 Å². The zero-order chi connectivity index (χ0) is 19.3. The van der Waals surface area contributed by atoms with Crippen molar-refractivity contribution in [1.29, 1.82) is 0 Å². The fourth-order valence-corrected chi connectivity index (χ4v) is 4.61. The molecular formula is C22H20ClNO2S. The van der Waals surface area contributed by atoms with Gasteiger partial charge >= 0.3 is 0 Å². The third-order valence-electron chi connectivity index (χ3n) is 4.95. The van der Waals surface area contributed by atoms with Crippen LogP contribution in [0.1, 0.15) is 31.9 Å². The summed E-state index contributed by atoms with van der Waals surface area (Å²) in [7, 11) is 0. The van der Waals surface area contributed by atoms with Gasteiger partial charge in [0.05, 0.1) is 17.1 Å². The molecule has 0 bridgehead atoms. The molecule has 0 aliphatic carbocycles. The molecular weight excluding hydrogens is 378 g/mol. The number of hydrogen-bond acceptors (Lipinski definition) is 3. The Morgan fingerprint density at radius 1 is 1.15 bits per heavy atom. The molecule has 27 heavy (non-hydrogen) atoms. The van der Waals surface area contributed by atoms with E-state index < -0.39 is 0 Å². The fourth-order valence-electron chi connectivity index (χ4n) is 3.54. The van der Waals surface area contributed by atoms with Crippen molar-refractivity contribution in [3.63, 3.8) is 0 Å². The first-order chi connectivity index (χ1) is 12.8. The molecule has 0 unspecified atom stereocenters. The van der Waals surface area contributed by atoms with Gasteiger partial charge in [0.2, 0.25) is 0 Å². The monoisotopic (exact) mass is 397 g/mol. The van der Waals surface area contributed by atoms with Crippen molar-refractivity contribution in [2.45, 2.75) is 32.8 Å². The number of pyridine rings is 1. The van der Waals surface area contributed by atoms with Crippen molar-refractivity contribution in [1.82, 2.24) is 4.98 Å². The molecule has 2 N–H and O–H groups in total. The van der Waals surface area contributed by atoms with Crippen LogP contribution in [0.3, 0.4) is 0 Å². The van der Waals surface area contributed by atoms with Gasteiger partial charge in [-0.3, -0.25) is 4.79 Å². The second-order valence-corrected chi connectivity index (χ2v) is 9.07. The summed E-state index contributed by atoms with van der Waals surface area (Å²) in [4.78, 5) is 15.3. The summed E-state index contributed by atoms with van der Waals surface area (Å²) >= 11 is 7.86. The number of thiophene rings is 1. The van der Waals surface area contributed by atoms with Crippen LogP contribution in [-0.4, -0.2) is 10.1 Å². The molecule has 0 fully saturated rings. The summed E-state index contributed by atoms with van der Waals surface area (Å²) in [5, 5.41) is 14.1. The predicted molar refractivity (Wildman–Crippen MR) is 115 cm³/mol. The molecule has 3 nitrogen and oxygen atoms in total. The molecule has 0 spiro atoms. The number of H-pyrrole nitrogens is 1. The Morgan fingerprint density at radius 2 is 1.85 bits per heavy atom. The van der Waals surface area contributed by atoms with Crippen molar-refractivity contribution < 1.29 is 5.11 Å². The zero-order valence-electron chi connectivity index (χ0n) is 15.4. The lowest BCUT2D eigenvalue weighted by Gasteiger charge is -2.20. The van der Waals surface area contributed by atoms with E-state index in [1.54, 1.807) is 6.07 Å². The average molecular weight is 398 g/mol. The van der Waals surface area contributed by atoms with Gasteiger partial charge in [0, 0.05) is 10.8 Å². The number of hydrogen-bond donors (Lipinski definition) is 2. The molecule has 2 aromatic heterocycles. The second kappa shape index (κ2) is 6.48. The van der Waals surface area contributed by atoms with E-state index in [0.29, 0.717) is 15.2 Å². The van der Waals surface area contributed by atoms with Crippen LogP contribution >= 0.6 is 22.9 Å². The Hall–Kier alpha value is -2.14. The SMILES string of the molecule is CC(C)(C)c1ccc(-c2c(CO)cc(Cl)c3[nH]c(=O)c4sccc4c23)cc1. The van der Waals surface area contributed by atoms with E-state index in [4.69, 9.17) is 11.6 Å². The van der Waals surface area contributed by atoms with Crippen LogP contribution in [0.2, 0.25) is 5.02 Å². The van der Waals surface area contributed by atoms with Gasteiger partial charge < -0.3 is 10.1 Å². The number of rotatable bonds is 2. The number of fused-ring (bicyclic) bond motifs is 3. The van der Waals surface area contributed by atoms with E-state index in [1.165, 1.54) is 16.9 Å². The van der Waals surface area contributed by atoms with Crippen molar-refractivity contribution in [2.75, 3.05) is 0 Å².